The lowest BCUT2D eigenvalue weighted by atomic mass is 9.92. The maximum atomic E-state index is 14.5. The van der Waals surface area contributed by atoms with Gasteiger partial charge >= 0.3 is 6.18 Å². The van der Waals surface area contributed by atoms with Gasteiger partial charge in [-0.3, -0.25) is 19.1 Å². The first-order chi connectivity index (χ1) is 25.2. The summed E-state index contributed by atoms with van der Waals surface area (Å²) >= 11 is 4.77. The van der Waals surface area contributed by atoms with Gasteiger partial charge in [0.05, 0.1) is 27.6 Å². The third kappa shape index (κ3) is 8.61. The number of hydrogen-bond acceptors (Lipinski definition) is 9. The molecule has 3 heterocycles. The molecule has 3 aromatic rings. The largest absolute Gasteiger partial charge is 0.465 e. The first-order valence-electron chi connectivity index (χ1n) is 18.0. The molecule has 2 bridgehead atoms. The second-order valence-electron chi connectivity index (χ2n) is 14.7. The van der Waals surface area contributed by atoms with Crippen molar-refractivity contribution >= 4 is 70.9 Å². The molecule has 1 aromatic heterocycles. The van der Waals surface area contributed by atoms with Crippen LogP contribution < -0.4 is 20.1 Å². The van der Waals surface area contributed by atoms with Gasteiger partial charge in [-0.1, -0.05) is 65.4 Å². The fraction of sp³-hybridized carbons (Fsp3) is 0.556. The Kier molecular flexibility index (Phi) is 10.7. The van der Waals surface area contributed by atoms with Crippen LogP contribution in [0.15, 0.2) is 46.9 Å². The van der Waals surface area contributed by atoms with Crippen LogP contribution in [-0.2, 0) is 30.6 Å². The van der Waals surface area contributed by atoms with Crippen molar-refractivity contribution in [2.24, 2.45) is 5.92 Å². The minimum atomic E-state index is -4.58. The SMILES string of the molecule is O=C1N[C@]2(C(=O)NS(=O)(=O)C3CC3)CCC(CCCCCC[C@H](Nc3cccc(C(F)(F)F)c3)C(=O)N3C[C@H](Oc4nc5ccc(Br)cc5s4)C[C@@H]13)C2. The molecule has 0 radical (unpaired) electrons. The molecule has 4 aliphatic rings. The molecule has 5 atom stereocenters. The van der Waals surface area contributed by atoms with Crippen molar-refractivity contribution in [2.45, 2.75) is 112 Å². The number of carbonyl (C=O) groups excluding carboxylic acids is 3. The van der Waals surface area contributed by atoms with Crippen LogP contribution in [0.5, 0.6) is 5.19 Å². The summed E-state index contributed by atoms with van der Waals surface area (Å²) in [5, 5.41) is 5.68. The molecule has 2 saturated heterocycles. The fourth-order valence-corrected chi connectivity index (χ4v) is 10.6. The molecule has 3 N–H and O–H groups in total. The van der Waals surface area contributed by atoms with E-state index in [1.54, 1.807) is 0 Å². The summed E-state index contributed by atoms with van der Waals surface area (Å²) in [7, 11) is -3.90. The number of carbonyl (C=O) groups is 3. The van der Waals surface area contributed by atoms with E-state index in [2.05, 4.69) is 36.3 Å². The van der Waals surface area contributed by atoms with Crippen LogP contribution in [0.1, 0.15) is 82.6 Å². The van der Waals surface area contributed by atoms with Crippen LogP contribution in [0.2, 0.25) is 0 Å². The van der Waals surface area contributed by atoms with Crippen molar-refractivity contribution < 1.29 is 40.7 Å². The number of thiazole rings is 1. The van der Waals surface area contributed by atoms with Gasteiger partial charge in [0.25, 0.3) is 11.1 Å². The minimum Gasteiger partial charge on any atom is -0.465 e. The molecule has 17 heteroatoms. The molecule has 286 valence electrons. The van der Waals surface area contributed by atoms with Crippen LogP contribution in [0.25, 0.3) is 10.2 Å². The minimum absolute atomic E-state index is 0.0187. The lowest BCUT2D eigenvalue weighted by molar-refractivity contribution is -0.141. The highest BCUT2D eigenvalue weighted by atomic mass is 79.9. The summed E-state index contributed by atoms with van der Waals surface area (Å²) in [6, 6.07) is 8.19. The highest BCUT2D eigenvalue weighted by Crippen LogP contribution is 2.40. The molecule has 1 unspecified atom stereocenters. The van der Waals surface area contributed by atoms with Crippen LogP contribution >= 0.6 is 27.3 Å². The average molecular weight is 841 g/mol. The number of nitrogens with zero attached hydrogens (tertiary/aromatic N) is 2. The van der Waals surface area contributed by atoms with Crippen LogP contribution in [0, 0.1) is 5.92 Å². The normalized spacial score (nSPS) is 27.4. The third-order valence-electron chi connectivity index (χ3n) is 10.7. The van der Waals surface area contributed by atoms with E-state index in [1.807, 2.05) is 18.2 Å². The van der Waals surface area contributed by atoms with E-state index < -0.39 is 68.5 Å². The molecule has 2 aliphatic carbocycles. The van der Waals surface area contributed by atoms with Crippen LogP contribution in [0.4, 0.5) is 18.9 Å². The third-order valence-corrected chi connectivity index (χ3v) is 14.0. The van der Waals surface area contributed by atoms with Gasteiger partial charge in [0.2, 0.25) is 21.8 Å². The summed E-state index contributed by atoms with van der Waals surface area (Å²) in [5.41, 5.74) is -1.52. The number of rotatable bonds is 7. The number of halogens is 4. The Balaban J connectivity index is 1.20. The van der Waals surface area contributed by atoms with Gasteiger partial charge in [-0.2, -0.15) is 13.2 Å². The Morgan fingerprint density at radius 3 is 2.57 bits per heavy atom. The van der Waals surface area contributed by atoms with E-state index >= 15 is 0 Å². The molecule has 2 aliphatic heterocycles. The van der Waals surface area contributed by atoms with Gasteiger partial charge in [0.1, 0.15) is 23.7 Å². The Morgan fingerprint density at radius 2 is 1.81 bits per heavy atom. The van der Waals surface area contributed by atoms with Crippen molar-refractivity contribution in [1.29, 1.82) is 0 Å². The Morgan fingerprint density at radius 1 is 1.04 bits per heavy atom. The first-order valence-corrected chi connectivity index (χ1v) is 21.2. The number of amides is 3. The Hall–Kier alpha value is -3.44. The lowest BCUT2D eigenvalue weighted by Crippen LogP contribution is -2.62. The van der Waals surface area contributed by atoms with Crippen molar-refractivity contribution in [3.63, 3.8) is 0 Å². The number of ether oxygens (including phenoxy) is 1. The summed E-state index contributed by atoms with van der Waals surface area (Å²) < 4.78 is 76.9. The topological polar surface area (TPSA) is 147 Å². The number of benzene rings is 2. The molecular weight excluding hydrogens is 799 g/mol. The highest BCUT2D eigenvalue weighted by molar-refractivity contribution is 9.10. The average Bonchev–Trinajstić information content (AvgIpc) is 3.60. The summed E-state index contributed by atoms with van der Waals surface area (Å²) in [5.74, 6) is -1.79. The second kappa shape index (κ2) is 15.0. The molecule has 4 fully saturated rings. The zero-order chi connectivity index (χ0) is 37.5. The van der Waals surface area contributed by atoms with E-state index in [0.29, 0.717) is 42.8 Å². The first kappa shape index (κ1) is 37.9. The molecule has 2 saturated carbocycles. The zero-order valence-corrected chi connectivity index (χ0v) is 32.0. The molecule has 3 amide bonds. The number of fused-ring (bicyclic) bond motifs is 4. The van der Waals surface area contributed by atoms with E-state index in [0.717, 1.165) is 47.0 Å². The molecule has 2 aromatic carbocycles. The van der Waals surface area contributed by atoms with Crippen molar-refractivity contribution in [3.05, 3.63) is 52.5 Å². The fourth-order valence-electron chi connectivity index (χ4n) is 7.80. The van der Waals surface area contributed by atoms with Gasteiger partial charge < -0.3 is 20.3 Å². The van der Waals surface area contributed by atoms with Crippen molar-refractivity contribution in [3.8, 4) is 5.19 Å². The van der Waals surface area contributed by atoms with Gasteiger partial charge in [-0.05, 0) is 80.8 Å². The monoisotopic (exact) mass is 839 g/mol. The lowest BCUT2D eigenvalue weighted by Gasteiger charge is -2.33. The molecule has 53 heavy (non-hydrogen) atoms. The summed E-state index contributed by atoms with van der Waals surface area (Å²) in [6.45, 7) is -0.0187. The quantitative estimate of drug-likeness (QED) is 0.244. The number of alkyl halides is 3. The summed E-state index contributed by atoms with van der Waals surface area (Å²) in [4.78, 5) is 48.8. The van der Waals surface area contributed by atoms with Gasteiger partial charge in [0.15, 0.2) is 0 Å². The standard InChI is InChI=1S/C36H41BrF3N5O6S2/c37-23-10-13-27-30(17-23)52-34(42-27)51-25-18-29-31(46)43-35(33(48)44-53(49,50)26-11-12-26)15-14-21(19-35)6-3-1-2-4-9-28(32(47)45(29)20-25)41-24-8-5-7-22(16-24)36(38,39)40/h5,7-8,10,13,16-17,21,25-26,28-29,41H,1-4,6,9,11-12,14-15,18-20H2,(H,43,46)(H,44,48)/t21?,25-,28+,29+,35-/m1/s1. The van der Waals surface area contributed by atoms with E-state index in [1.165, 1.54) is 28.4 Å². The van der Waals surface area contributed by atoms with E-state index in [4.69, 9.17) is 4.74 Å². The second-order valence-corrected chi connectivity index (χ2v) is 18.6. The van der Waals surface area contributed by atoms with Crippen molar-refractivity contribution in [1.82, 2.24) is 19.9 Å². The molecule has 7 rings (SSSR count). The maximum Gasteiger partial charge on any atom is 0.416 e. The predicted molar refractivity (Wildman–Crippen MR) is 197 cm³/mol. The van der Waals surface area contributed by atoms with E-state index in [-0.39, 0.29) is 37.4 Å². The molecule has 11 nitrogen and oxygen atoms in total. The van der Waals surface area contributed by atoms with Crippen LogP contribution in [0.3, 0.4) is 0 Å². The molecule has 0 spiro atoms. The van der Waals surface area contributed by atoms with Gasteiger partial charge in [-0.25, -0.2) is 13.4 Å². The Labute approximate surface area is 318 Å². The predicted octanol–water partition coefficient (Wildman–Crippen LogP) is 6.52. The number of nitrogens with one attached hydrogen (secondary N) is 3. The number of anilines is 1. The zero-order valence-electron chi connectivity index (χ0n) is 28.8. The van der Waals surface area contributed by atoms with E-state index in [9.17, 15) is 36.0 Å². The number of sulfonamides is 1. The van der Waals surface area contributed by atoms with Crippen molar-refractivity contribution in [2.75, 3.05) is 11.9 Å². The molecular formula is C36H41BrF3N5O6S2. The highest BCUT2D eigenvalue weighted by Gasteiger charge is 2.52. The maximum absolute atomic E-state index is 14.5. The summed E-state index contributed by atoms with van der Waals surface area (Å²) in [6.07, 6.45) is 1.03. The van der Waals surface area contributed by atoms with Crippen LogP contribution in [-0.4, -0.2) is 71.5 Å². The number of hydrogen-bond donors (Lipinski definition) is 3. The van der Waals surface area contributed by atoms with Gasteiger partial charge in [0, 0.05) is 16.6 Å². The van der Waals surface area contributed by atoms with Gasteiger partial charge in [-0.15, -0.1) is 0 Å². The number of aromatic nitrogens is 1. The smallest absolute Gasteiger partial charge is 0.416 e. The Bertz CT molecular complexity index is 1990.